The molecule has 37 heavy (non-hydrogen) atoms. The summed E-state index contributed by atoms with van der Waals surface area (Å²) < 4.78 is 6.04. The number of carbonyl (C=O) groups excluding carboxylic acids is 1. The van der Waals surface area contributed by atoms with E-state index in [0.29, 0.717) is 4.48 Å². The second kappa shape index (κ2) is 11.4. The number of nitrogens with one attached hydrogen (secondary N) is 1. The fourth-order valence-corrected chi connectivity index (χ4v) is 3.34. The maximum absolute atomic E-state index is 12.1. The highest BCUT2D eigenvalue weighted by molar-refractivity contribution is 5.96. The second-order valence-electron chi connectivity index (χ2n) is 8.63. The molecule has 1 amide bonds. The number of rotatable bonds is 9. The van der Waals surface area contributed by atoms with Crippen LogP contribution in [-0.2, 0) is 4.79 Å². The van der Waals surface area contributed by atoms with Crippen LogP contribution in [0.25, 0.3) is 22.5 Å². The predicted octanol–water partition coefficient (Wildman–Crippen LogP) is 0.498. The first kappa shape index (κ1) is 28.5. The number of amides is 1. The molecule has 1 aromatic heterocycles. The maximum atomic E-state index is 12.1. The quantitative estimate of drug-likeness (QED) is 0.179. The van der Waals surface area contributed by atoms with Crippen LogP contribution in [0.3, 0.4) is 0 Å². The lowest BCUT2D eigenvalue weighted by Gasteiger charge is -2.21. The molecule has 1 N–H and O–H groups in total. The van der Waals surface area contributed by atoms with E-state index >= 15 is 0 Å². The van der Waals surface area contributed by atoms with Crippen molar-refractivity contribution in [3.05, 3.63) is 84.6 Å². The van der Waals surface area contributed by atoms with Crippen LogP contribution in [0, 0.1) is 30.3 Å². The molecule has 0 atom stereocenters. The number of carbonyl (C=O) groups is 1. The molecular formula is C22H21ClN6O8. The number of hydrogen-bond donors (Lipinski definition) is 1. The van der Waals surface area contributed by atoms with E-state index in [1.807, 2.05) is 0 Å². The van der Waals surface area contributed by atoms with E-state index in [2.05, 4.69) is 10.5 Å². The van der Waals surface area contributed by atoms with Gasteiger partial charge in [0.1, 0.15) is 11.3 Å². The Kier molecular flexibility index (Phi) is 8.77. The molecule has 0 radical (unpaired) electrons. The van der Waals surface area contributed by atoms with Gasteiger partial charge in [-0.1, -0.05) is 24.3 Å². The van der Waals surface area contributed by atoms with Crippen LogP contribution in [0.4, 0.5) is 17.1 Å². The van der Waals surface area contributed by atoms with Gasteiger partial charge in [-0.15, -0.1) is 0 Å². The van der Waals surface area contributed by atoms with E-state index in [4.69, 9.17) is 4.42 Å². The van der Waals surface area contributed by atoms with Crippen LogP contribution in [0.15, 0.2) is 58.0 Å². The molecule has 0 saturated carbocycles. The van der Waals surface area contributed by atoms with E-state index in [0.717, 1.165) is 18.3 Å². The zero-order chi connectivity index (χ0) is 26.6. The van der Waals surface area contributed by atoms with Crippen molar-refractivity contribution in [1.29, 1.82) is 0 Å². The first-order chi connectivity index (χ1) is 16.9. The number of hydrazone groups is 1. The Morgan fingerprint density at radius 2 is 1.49 bits per heavy atom. The minimum absolute atomic E-state index is 0. The summed E-state index contributed by atoms with van der Waals surface area (Å²) in [5.41, 5.74) is 1.14. The average Bonchev–Trinajstić information content (AvgIpc) is 3.18. The summed E-state index contributed by atoms with van der Waals surface area (Å²) in [4.78, 5) is 44.7. The van der Waals surface area contributed by atoms with Crippen molar-refractivity contribution in [1.82, 2.24) is 5.43 Å². The fourth-order valence-electron chi connectivity index (χ4n) is 3.34. The molecule has 0 bridgehead atoms. The fraction of sp³-hybridized carbons (Fsp3) is 0.182. The van der Waals surface area contributed by atoms with Gasteiger partial charge < -0.3 is 21.3 Å². The molecule has 3 aromatic rings. The lowest BCUT2D eigenvalue weighted by Crippen LogP contribution is -3.00. The summed E-state index contributed by atoms with van der Waals surface area (Å²) in [6.45, 7) is 0.0788. The van der Waals surface area contributed by atoms with Crippen LogP contribution in [0.1, 0.15) is 5.76 Å². The smallest absolute Gasteiger partial charge is 0.324 e. The third kappa shape index (κ3) is 6.93. The van der Waals surface area contributed by atoms with Gasteiger partial charge >= 0.3 is 5.69 Å². The van der Waals surface area contributed by atoms with Crippen molar-refractivity contribution in [2.75, 3.05) is 27.7 Å². The third-order valence-electron chi connectivity index (χ3n) is 4.75. The zero-order valence-electron chi connectivity index (χ0n) is 19.8. The van der Waals surface area contributed by atoms with Gasteiger partial charge in [0, 0.05) is 29.8 Å². The second-order valence-corrected chi connectivity index (χ2v) is 8.63. The summed E-state index contributed by atoms with van der Waals surface area (Å²) in [5.74, 6) is -0.954. The van der Waals surface area contributed by atoms with Crippen LogP contribution < -0.4 is 17.8 Å². The number of benzene rings is 2. The lowest BCUT2D eigenvalue weighted by atomic mass is 9.99. The summed E-state index contributed by atoms with van der Waals surface area (Å²) in [6.07, 6.45) is 0.938. The molecular weight excluding hydrogens is 512 g/mol. The Hall–Kier alpha value is -4.69. The van der Waals surface area contributed by atoms with Crippen LogP contribution in [0.2, 0.25) is 0 Å². The molecule has 194 valence electrons. The highest BCUT2D eigenvalue weighted by Gasteiger charge is 2.32. The SMILES string of the molecule is C[N+](C)(C)CC(=O)N/N=C/c1oc(-c2cccc([N+](=O)[O-])c2)c(-c2cccc([N+](=O)[O-])c2)c1[N+](=O)[O-].[Cl-]. The molecule has 3 rings (SSSR count). The first-order valence-corrected chi connectivity index (χ1v) is 10.3. The van der Waals surface area contributed by atoms with Gasteiger partial charge in [0.05, 0.1) is 42.1 Å². The minimum Gasteiger partial charge on any atom is -1.00 e. The number of likely N-dealkylation sites (N-methyl/N-ethyl adjacent to an activating group) is 1. The van der Waals surface area contributed by atoms with E-state index in [-0.39, 0.29) is 58.5 Å². The Bertz CT molecular complexity index is 1400. The highest BCUT2D eigenvalue weighted by Crippen LogP contribution is 2.44. The molecule has 14 nitrogen and oxygen atoms in total. The van der Waals surface area contributed by atoms with Crippen molar-refractivity contribution >= 4 is 29.2 Å². The molecule has 0 fully saturated rings. The average molecular weight is 533 g/mol. The number of furan rings is 1. The van der Waals surface area contributed by atoms with E-state index < -0.39 is 26.4 Å². The molecule has 1 heterocycles. The number of nitro benzene ring substituents is 2. The topological polar surface area (TPSA) is 184 Å². The van der Waals surface area contributed by atoms with Gasteiger partial charge in [-0.05, 0) is 5.56 Å². The first-order valence-electron chi connectivity index (χ1n) is 10.3. The van der Waals surface area contributed by atoms with Gasteiger partial charge in [-0.2, -0.15) is 5.10 Å². The molecule has 2 aromatic carbocycles. The standard InChI is InChI=1S/C22H20N6O8.ClH/c1-28(2,3)13-19(29)24-23-12-18-21(27(34)35)20(14-6-4-8-16(10-14)25(30)31)22(36-18)15-7-5-9-17(11-15)26(32)33;/h4-12H,13H2,1-3H3;1H/b23-12+;. The summed E-state index contributed by atoms with van der Waals surface area (Å²) >= 11 is 0. The molecule has 0 aliphatic carbocycles. The number of hydrogen-bond acceptors (Lipinski definition) is 9. The largest absolute Gasteiger partial charge is 1.00 e. The summed E-state index contributed by atoms with van der Waals surface area (Å²) in [5, 5.41) is 38.4. The van der Waals surface area contributed by atoms with Crippen molar-refractivity contribution in [2.24, 2.45) is 5.10 Å². The number of nitro groups is 3. The van der Waals surface area contributed by atoms with Crippen molar-refractivity contribution < 1.29 is 40.9 Å². The Balaban J connectivity index is 0.00000481. The highest BCUT2D eigenvalue weighted by atomic mass is 35.5. The van der Waals surface area contributed by atoms with Crippen molar-refractivity contribution in [2.45, 2.75) is 0 Å². The molecule has 0 aliphatic rings. The molecule has 0 saturated heterocycles. The number of nitrogens with zero attached hydrogens (tertiary/aromatic N) is 5. The van der Waals surface area contributed by atoms with Crippen LogP contribution in [0.5, 0.6) is 0 Å². The Morgan fingerprint density at radius 3 is 2.00 bits per heavy atom. The monoisotopic (exact) mass is 532 g/mol. The number of halogens is 1. The van der Waals surface area contributed by atoms with Crippen LogP contribution >= 0.6 is 0 Å². The molecule has 0 spiro atoms. The van der Waals surface area contributed by atoms with Gasteiger partial charge in [0.25, 0.3) is 17.3 Å². The third-order valence-corrected chi connectivity index (χ3v) is 4.75. The van der Waals surface area contributed by atoms with E-state index in [9.17, 15) is 35.1 Å². The van der Waals surface area contributed by atoms with E-state index in [1.165, 1.54) is 36.4 Å². The van der Waals surface area contributed by atoms with Crippen molar-refractivity contribution in [3.63, 3.8) is 0 Å². The van der Waals surface area contributed by atoms with Crippen LogP contribution in [-0.4, -0.2) is 59.1 Å². The van der Waals surface area contributed by atoms with Gasteiger partial charge in [0.2, 0.25) is 5.76 Å². The van der Waals surface area contributed by atoms with Crippen molar-refractivity contribution in [3.8, 4) is 22.5 Å². The Labute approximate surface area is 215 Å². The summed E-state index contributed by atoms with van der Waals surface area (Å²) in [6, 6.07) is 10.3. The van der Waals surface area contributed by atoms with E-state index in [1.54, 1.807) is 21.1 Å². The summed E-state index contributed by atoms with van der Waals surface area (Å²) in [7, 11) is 5.37. The Morgan fingerprint density at radius 1 is 0.946 bits per heavy atom. The minimum atomic E-state index is -0.756. The maximum Gasteiger partial charge on any atom is 0.324 e. The van der Waals surface area contributed by atoms with Gasteiger partial charge in [0.15, 0.2) is 6.54 Å². The van der Waals surface area contributed by atoms with Gasteiger partial charge in [-0.3, -0.25) is 35.1 Å². The number of quaternary nitrogens is 1. The normalized spacial score (nSPS) is 11.1. The molecule has 15 heteroatoms. The predicted molar refractivity (Wildman–Crippen MR) is 128 cm³/mol. The van der Waals surface area contributed by atoms with Gasteiger partial charge in [-0.25, -0.2) is 5.43 Å². The molecule has 0 unspecified atom stereocenters. The molecule has 0 aliphatic heterocycles. The lowest BCUT2D eigenvalue weighted by molar-refractivity contribution is -0.862. The zero-order valence-corrected chi connectivity index (χ0v) is 20.5. The number of non-ortho nitro benzene ring substituents is 2.